The number of benzene rings is 1. The highest BCUT2D eigenvalue weighted by atomic mass is 32.2. The fraction of sp³-hybridized carbons (Fsp3) is 0.462. The lowest BCUT2D eigenvalue weighted by molar-refractivity contribution is -0.115. The van der Waals surface area contributed by atoms with Crippen LogP contribution in [0, 0.1) is 0 Å². The molecular formula is C13H20N2O3S. The Bertz CT molecular complexity index is 559. The lowest BCUT2D eigenvalue weighted by atomic mass is 10.2. The molecule has 1 aromatic rings. The number of para-hydroxylation sites is 2. The third-order valence-electron chi connectivity index (χ3n) is 2.77. The van der Waals surface area contributed by atoms with Gasteiger partial charge in [0.2, 0.25) is 5.91 Å². The summed E-state index contributed by atoms with van der Waals surface area (Å²) in [6.07, 6.45) is -0.0755. The van der Waals surface area contributed by atoms with E-state index in [0.29, 0.717) is 11.4 Å². The number of nitrogen functional groups attached to an aromatic ring is 1. The van der Waals surface area contributed by atoms with E-state index in [-0.39, 0.29) is 18.1 Å². The van der Waals surface area contributed by atoms with Gasteiger partial charge in [-0.05, 0) is 32.9 Å². The van der Waals surface area contributed by atoms with Crippen molar-refractivity contribution in [3.05, 3.63) is 24.3 Å². The molecule has 0 fully saturated rings. The first-order valence-electron chi connectivity index (χ1n) is 6.00. The van der Waals surface area contributed by atoms with Gasteiger partial charge in [0.05, 0.1) is 21.9 Å². The van der Waals surface area contributed by atoms with Crippen LogP contribution in [0.25, 0.3) is 0 Å². The Morgan fingerprint density at radius 1 is 1.26 bits per heavy atom. The van der Waals surface area contributed by atoms with Crippen molar-refractivity contribution in [3.8, 4) is 0 Å². The van der Waals surface area contributed by atoms with Gasteiger partial charge in [-0.25, -0.2) is 8.42 Å². The molecule has 0 atom stereocenters. The van der Waals surface area contributed by atoms with Gasteiger partial charge in [0.15, 0.2) is 9.84 Å². The second-order valence-electron chi connectivity index (χ2n) is 5.32. The number of hydrogen-bond donors (Lipinski definition) is 2. The third-order valence-corrected chi connectivity index (χ3v) is 5.37. The van der Waals surface area contributed by atoms with Crippen molar-refractivity contribution in [1.29, 1.82) is 0 Å². The summed E-state index contributed by atoms with van der Waals surface area (Å²) in [5.74, 6) is -0.527. The molecule has 1 aromatic carbocycles. The number of rotatable bonds is 4. The van der Waals surface area contributed by atoms with E-state index in [1.54, 1.807) is 45.0 Å². The first kappa shape index (κ1) is 15.5. The summed E-state index contributed by atoms with van der Waals surface area (Å²) in [5, 5.41) is 2.61. The molecular weight excluding hydrogens is 264 g/mol. The van der Waals surface area contributed by atoms with E-state index in [2.05, 4.69) is 5.32 Å². The molecule has 0 radical (unpaired) electrons. The van der Waals surface area contributed by atoms with Gasteiger partial charge in [0.25, 0.3) is 0 Å². The maximum Gasteiger partial charge on any atom is 0.225 e. The Labute approximate surface area is 114 Å². The molecule has 3 N–H and O–H groups in total. The first-order chi connectivity index (χ1) is 8.63. The molecule has 0 aliphatic rings. The van der Waals surface area contributed by atoms with Crippen LogP contribution in [0.5, 0.6) is 0 Å². The molecule has 5 nitrogen and oxygen atoms in total. The largest absolute Gasteiger partial charge is 0.397 e. The highest BCUT2D eigenvalue weighted by Gasteiger charge is 2.29. The van der Waals surface area contributed by atoms with Crippen molar-refractivity contribution in [3.63, 3.8) is 0 Å². The summed E-state index contributed by atoms with van der Waals surface area (Å²) >= 11 is 0. The molecule has 0 spiro atoms. The van der Waals surface area contributed by atoms with Crippen LogP contribution >= 0.6 is 0 Å². The minimum Gasteiger partial charge on any atom is -0.397 e. The van der Waals surface area contributed by atoms with Crippen LogP contribution in [0.2, 0.25) is 0 Å². The number of nitrogens with two attached hydrogens (primary N) is 1. The van der Waals surface area contributed by atoms with Gasteiger partial charge in [-0.1, -0.05) is 12.1 Å². The van der Waals surface area contributed by atoms with Crippen LogP contribution in [-0.4, -0.2) is 24.8 Å². The Balaban J connectivity index is 2.62. The molecule has 0 aliphatic heterocycles. The predicted octanol–water partition coefficient (Wildman–Crippen LogP) is 1.81. The number of carbonyl (C=O) groups excluding carboxylic acids is 1. The summed E-state index contributed by atoms with van der Waals surface area (Å²) in [5.41, 5.74) is 6.64. The minimum atomic E-state index is -3.29. The van der Waals surface area contributed by atoms with Gasteiger partial charge in [0.1, 0.15) is 0 Å². The fourth-order valence-corrected chi connectivity index (χ4v) is 2.42. The van der Waals surface area contributed by atoms with E-state index in [1.807, 2.05) is 0 Å². The van der Waals surface area contributed by atoms with Crippen LogP contribution in [0.4, 0.5) is 11.4 Å². The van der Waals surface area contributed by atoms with Crippen molar-refractivity contribution >= 4 is 27.1 Å². The second-order valence-corrected chi connectivity index (χ2v) is 8.18. The SMILES string of the molecule is CC(C)(C)S(=O)(=O)CCC(=O)Nc1ccccc1N. The Morgan fingerprint density at radius 2 is 1.84 bits per heavy atom. The standard InChI is InChI=1S/C13H20N2O3S/c1-13(2,3)19(17,18)9-8-12(16)15-11-7-5-4-6-10(11)14/h4-7H,8-9,14H2,1-3H3,(H,15,16). The maximum atomic E-state index is 11.9. The van der Waals surface area contributed by atoms with E-state index in [0.717, 1.165) is 0 Å². The average molecular weight is 284 g/mol. The Kier molecular flexibility index (Phi) is 4.57. The molecule has 1 rings (SSSR count). The van der Waals surface area contributed by atoms with Crippen LogP contribution in [0.15, 0.2) is 24.3 Å². The minimum absolute atomic E-state index is 0.0755. The van der Waals surface area contributed by atoms with E-state index in [9.17, 15) is 13.2 Å². The van der Waals surface area contributed by atoms with E-state index in [4.69, 9.17) is 5.73 Å². The van der Waals surface area contributed by atoms with E-state index < -0.39 is 14.6 Å². The fourth-order valence-electron chi connectivity index (χ4n) is 1.36. The highest BCUT2D eigenvalue weighted by Crippen LogP contribution is 2.19. The number of hydrogen-bond acceptors (Lipinski definition) is 4. The molecule has 106 valence electrons. The molecule has 0 aliphatic carbocycles. The van der Waals surface area contributed by atoms with Crippen LogP contribution in [0.3, 0.4) is 0 Å². The van der Waals surface area contributed by atoms with Gasteiger partial charge < -0.3 is 11.1 Å². The molecule has 0 aromatic heterocycles. The quantitative estimate of drug-likeness (QED) is 0.825. The third kappa shape index (κ3) is 4.24. The molecule has 0 saturated carbocycles. The summed E-state index contributed by atoms with van der Waals surface area (Å²) in [7, 11) is -3.29. The van der Waals surface area contributed by atoms with Crippen LogP contribution in [-0.2, 0) is 14.6 Å². The van der Waals surface area contributed by atoms with Crippen molar-refractivity contribution in [2.45, 2.75) is 31.9 Å². The normalized spacial score (nSPS) is 12.2. The molecule has 0 saturated heterocycles. The van der Waals surface area contributed by atoms with E-state index in [1.165, 1.54) is 0 Å². The van der Waals surface area contributed by atoms with Crippen molar-refractivity contribution < 1.29 is 13.2 Å². The number of anilines is 2. The summed E-state index contributed by atoms with van der Waals surface area (Å²) < 4.78 is 22.9. The lowest BCUT2D eigenvalue weighted by Gasteiger charge is -2.18. The van der Waals surface area contributed by atoms with Crippen LogP contribution < -0.4 is 11.1 Å². The molecule has 6 heteroatoms. The topological polar surface area (TPSA) is 89.3 Å². The van der Waals surface area contributed by atoms with Crippen molar-refractivity contribution in [1.82, 2.24) is 0 Å². The highest BCUT2D eigenvalue weighted by molar-refractivity contribution is 7.92. The number of sulfone groups is 1. The lowest BCUT2D eigenvalue weighted by Crippen LogP contribution is -2.32. The van der Waals surface area contributed by atoms with Gasteiger partial charge >= 0.3 is 0 Å². The molecule has 19 heavy (non-hydrogen) atoms. The smallest absolute Gasteiger partial charge is 0.225 e. The van der Waals surface area contributed by atoms with E-state index >= 15 is 0 Å². The monoisotopic (exact) mass is 284 g/mol. The Morgan fingerprint density at radius 3 is 2.37 bits per heavy atom. The van der Waals surface area contributed by atoms with Gasteiger partial charge in [-0.2, -0.15) is 0 Å². The molecule has 0 unspecified atom stereocenters. The number of nitrogens with one attached hydrogen (secondary N) is 1. The van der Waals surface area contributed by atoms with Crippen molar-refractivity contribution in [2.24, 2.45) is 0 Å². The number of amides is 1. The van der Waals surface area contributed by atoms with Gasteiger partial charge in [-0.15, -0.1) is 0 Å². The average Bonchev–Trinajstić information content (AvgIpc) is 2.28. The zero-order chi connectivity index (χ0) is 14.7. The predicted molar refractivity (Wildman–Crippen MR) is 77.6 cm³/mol. The summed E-state index contributed by atoms with van der Waals surface area (Å²) in [6, 6.07) is 6.85. The summed E-state index contributed by atoms with van der Waals surface area (Å²) in [4.78, 5) is 11.7. The van der Waals surface area contributed by atoms with Crippen molar-refractivity contribution in [2.75, 3.05) is 16.8 Å². The Hall–Kier alpha value is -1.56. The number of carbonyl (C=O) groups is 1. The molecule has 0 heterocycles. The zero-order valence-corrected chi connectivity index (χ0v) is 12.3. The second kappa shape index (κ2) is 5.61. The molecule has 0 bridgehead atoms. The maximum absolute atomic E-state index is 11.9. The van der Waals surface area contributed by atoms with Gasteiger partial charge in [-0.3, -0.25) is 4.79 Å². The summed E-state index contributed by atoms with van der Waals surface area (Å²) in [6.45, 7) is 4.86. The molecule has 1 amide bonds. The zero-order valence-electron chi connectivity index (χ0n) is 11.4. The van der Waals surface area contributed by atoms with Crippen LogP contribution in [0.1, 0.15) is 27.2 Å². The first-order valence-corrected chi connectivity index (χ1v) is 7.65. The van der Waals surface area contributed by atoms with Gasteiger partial charge in [0, 0.05) is 6.42 Å².